The summed E-state index contributed by atoms with van der Waals surface area (Å²) in [7, 11) is 0. The maximum absolute atomic E-state index is 6.77. The van der Waals surface area contributed by atoms with Crippen molar-refractivity contribution in [2.45, 2.75) is 5.66 Å². The van der Waals surface area contributed by atoms with Crippen LogP contribution in [0.25, 0.3) is 44.8 Å². The molecule has 0 radical (unpaired) electrons. The van der Waals surface area contributed by atoms with Gasteiger partial charge in [0, 0.05) is 24.3 Å². The molecule has 38 heavy (non-hydrogen) atoms. The Morgan fingerprint density at radius 1 is 0.447 bits per heavy atom. The molecule has 0 fully saturated rings. The molecule has 4 aromatic carbocycles. The number of rotatable bonds is 2. The van der Waals surface area contributed by atoms with Gasteiger partial charge in [-0.15, -0.1) is 9.13 Å². The fourth-order valence-corrected chi connectivity index (χ4v) is 6.83. The molecule has 5 heterocycles. The Kier molecular flexibility index (Phi) is 3.73. The molecule has 9 rings (SSSR count). The molecular weight excluding hydrogens is 464 g/mol. The van der Waals surface area contributed by atoms with Crippen LogP contribution in [0.3, 0.4) is 0 Å². The molecule has 1 spiro atoms. The van der Waals surface area contributed by atoms with Crippen molar-refractivity contribution in [3.8, 4) is 56.3 Å². The van der Waals surface area contributed by atoms with Gasteiger partial charge in [-0.25, -0.2) is 0 Å². The van der Waals surface area contributed by atoms with Gasteiger partial charge in [-0.2, -0.15) is 0 Å². The van der Waals surface area contributed by atoms with Gasteiger partial charge in [-0.3, -0.25) is 0 Å². The first-order valence-electron chi connectivity index (χ1n) is 13.0. The lowest BCUT2D eigenvalue weighted by Crippen LogP contribution is -2.71. The van der Waals surface area contributed by atoms with Crippen molar-refractivity contribution in [2.75, 3.05) is 0 Å². The highest BCUT2D eigenvalue weighted by molar-refractivity contribution is 5.84. The average molecular weight is 487 g/mol. The standard InChI is InChI=1S/C35H22N2O/c1-3-10-23(11-4-1)25-17-19-37-30(21-25)27-14-9-16-31-33(27)35(37)34-28(29-15-7-8-18-36(29)35)20-26(22-32(34)38-31)24-12-5-2-6-13-24/h1-22H/q+2. The van der Waals surface area contributed by atoms with Gasteiger partial charge in [0.05, 0.1) is 11.1 Å². The van der Waals surface area contributed by atoms with Crippen LogP contribution in [-0.2, 0) is 5.66 Å². The lowest BCUT2D eigenvalue weighted by atomic mass is 9.85. The molecule has 3 heteroatoms. The number of benzene rings is 4. The first-order chi connectivity index (χ1) is 18.8. The molecule has 0 aliphatic carbocycles. The van der Waals surface area contributed by atoms with E-state index in [1.54, 1.807) is 0 Å². The Morgan fingerprint density at radius 2 is 1.16 bits per heavy atom. The van der Waals surface area contributed by atoms with E-state index in [1.807, 2.05) is 0 Å². The van der Waals surface area contributed by atoms with Gasteiger partial charge in [-0.05, 0) is 52.6 Å². The highest BCUT2D eigenvalue weighted by atomic mass is 16.5. The van der Waals surface area contributed by atoms with Gasteiger partial charge in [0.25, 0.3) is 0 Å². The number of ether oxygens (including phenoxy) is 1. The van der Waals surface area contributed by atoms with Crippen molar-refractivity contribution in [1.29, 1.82) is 0 Å². The summed E-state index contributed by atoms with van der Waals surface area (Å²) in [5.41, 5.74) is 11.5. The second-order valence-electron chi connectivity index (χ2n) is 10.2. The number of pyridine rings is 2. The van der Waals surface area contributed by atoms with E-state index in [-0.39, 0.29) is 0 Å². The van der Waals surface area contributed by atoms with Crippen LogP contribution in [0.2, 0.25) is 0 Å². The highest BCUT2D eigenvalue weighted by Gasteiger charge is 2.71. The Balaban J connectivity index is 1.41. The molecule has 3 aliphatic heterocycles. The minimum absolute atomic E-state index is 0.537. The van der Waals surface area contributed by atoms with E-state index in [9.17, 15) is 0 Å². The molecule has 1 unspecified atom stereocenters. The lowest BCUT2D eigenvalue weighted by molar-refractivity contribution is -0.955. The van der Waals surface area contributed by atoms with Gasteiger partial charge in [-0.1, -0.05) is 66.7 Å². The highest BCUT2D eigenvalue weighted by Crippen LogP contribution is 2.57. The fourth-order valence-electron chi connectivity index (χ4n) is 6.83. The van der Waals surface area contributed by atoms with Gasteiger partial charge in [0.2, 0.25) is 11.4 Å². The monoisotopic (exact) mass is 486 g/mol. The third-order valence-corrected chi connectivity index (χ3v) is 8.32. The maximum Gasteiger partial charge on any atom is 0.424 e. The molecule has 6 aromatic rings. The van der Waals surface area contributed by atoms with E-state index in [1.165, 1.54) is 50.3 Å². The first-order valence-corrected chi connectivity index (χ1v) is 13.0. The Labute approximate surface area is 220 Å². The smallest absolute Gasteiger partial charge is 0.424 e. The quantitative estimate of drug-likeness (QED) is 0.241. The molecule has 0 saturated heterocycles. The summed E-state index contributed by atoms with van der Waals surface area (Å²) < 4.78 is 11.7. The second-order valence-corrected chi connectivity index (χ2v) is 10.2. The normalized spacial score (nSPS) is 16.7. The summed E-state index contributed by atoms with van der Waals surface area (Å²) in [6.45, 7) is 0. The third kappa shape index (κ3) is 2.34. The van der Waals surface area contributed by atoms with Crippen molar-refractivity contribution < 1.29 is 13.9 Å². The van der Waals surface area contributed by atoms with Gasteiger partial charge in [0.15, 0.2) is 23.5 Å². The van der Waals surface area contributed by atoms with Crippen molar-refractivity contribution >= 4 is 0 Å². The lowest BCUT2D eigenvalue weighted by Gasteiger charge is -2.26. The molecule has 1 atom stereocenters. The molecule has 0 N–H and O–H groups in total. The summed E-state index contributed by atoms with van der Waals surface area (Å²) in [5, 5.41) is 0. The zero-order valence-corrected chi connectivity index (χ0v) is 20.5. The van der Waals surface area contributed by atoms with Crippen LogP contribution in [0.1, 0.15) is 11.1 Å². The van der Waals surface area contributed by atoms with E-state index >= 15 is 0 Å². The molecule has 0 amide bonds. The van der Waals surface area contributed by atoms with Crippen LogP contribution >= 0.6 is 0 Å². The summed E-state index contributed by atoms with van der Waals surface area (Å²) in [6.07, 6.45) is 4.49. The maximum atomic E-state index is 6.77. The van der Waals surface area contributed by atoms with E-state index in [2.05, 4.69) is 143 Å². The van der Waals surface area contributed by atoms with Crippen molar-refractivity contribution in [1.82, 2.24) is 0 Å². The number of fused-ring (bicyclic) bond motifs is 4. The average Bonchev–Trinajstić information content (AvgIpc) is 3.46. The van der Waals surface area contributed by atoms with Gasteiger partial charge >= 0.3 is 5.66 Å². The third-order valence-electron chi connectivity index (χ3n) is 8.32. The molecular formula is C35H22N2O+2. The SMILES string of the molecule is c1ccc(-c2cc3c4c(c2)-c2cccc[n+]2C42c4c(cccc4-c4cc(-c5ccccc5)cc[n+]42)O3)cc1. The van der Waals surface area contributed by atoms with Crippen molar-refractivity contribution in [2.24, 2.45) is 0 Å². The fraction of sp³-hybridized carbons (Fsp3) is 0.0286. The molecule has 0 bridgehead atoms. The summed E-state index contributed by atoms with van der Waals surface area (Å²) >= 11 is 0. The van der Waals surface area contributed by atoms with E-state index < -0.39 is 5.66 Å². The van der Waals surface area contributed by atoms with Crippen molar-refractivity contribution in [3.63, 3.8) is 0 Å². The topological polar surface area (TPSA) is 17.0 Å². The zero-order valence-electron chi connectivity index (χ0n) is 20.5. The number of hydrogen-bond donors (Lipinski definition) is 0. The van der Waals surface area contributed by atoms with Crippen LogP contribution in [0.15, 0.2) is 134 Å². The predicted octanol–water partition coefficient (Wildman–Crippen LogP) is 6.96. The Hall–Kier alpha value is -5.02. The molecule has 176 valence electrons. The molecule has 3 nitrogen and oxygen atoms in total. The van der Waals surface area contributed by atoms with Crippen molar-refractivity contribution in [3.05, 3.63) is 145 Å². The summed E-state index contributed by atoms with van der Waals surface area (Å²) in [4.78, 5) is 0. The first kappa shape index (κ1) is 20.1. The largest absolute Gasteiger partial charge is 0.456 e. The summed E-state index contributed by atoms with van der Waals surface area (Å²) in [5.74, 6) is 1.84. The number of hydrogen-bond acceptors (Lipinski definition) is 1. The Bertz CT molecular complexity index is 1950. The summed E-state index contributed by atoms with van der Waals surface area (Å²) in [6, 6.07) is 43.3. The molecule has 3 aliphatic rings. The van der Waals surface area contributed by atoms with E-state index in [4.69, 9.17) is 4.74 Å². The van der Waals surface area contributed by atoms with Gasteiger partial charge < -0.3 is 4.74 Å². The van der Waals surface area contributed by atoms with Crippen LogP contribution in [0, 0.1) is 0 Å². The second kappa shape index (κ2) is 7.05. The van der Waals surface area contributed by atoms with Crippen LogP contribution in [0.4, 0.5) is 0 Å². The van der Waals surface area contributed by atoms with Crippen LogP contribution < -0.4 is 13.9 Å². The van der Waals surface area contributed by atoms with E-state index in [0.717, 1.165) is 17.1 Å². The number of nitrogens with zero attached hydrogens (tertiary/aromatic N) is 2. The van der Waals surface area contributed by atoms with Crippen LogP contribution in [0.5, 0.6) is 11.5 Å². The molecule has 0 saturated carbocycles. The van der Waals surface area contributed by atoms with E-state index in [0.29, 0.717) is 0 Å². The predicted molar refractivity (Wildman–Crippen MR) is 147 cm³/mol. The zero-order chi connectivity index (χ0) is 24.8. The Morgan fingerprint density at radius 3 is 1.97 bits per heavy atom. The minimum atomic E-state index is -0.537. The van der Waals surface area contributed by atoms with Gasteiger partial charge in [0.1, 0.15) is 11.5 Å². The number of aromatic nitrogens is 2. The minimum Gasteiger partial charge on any atom is -0.456 e. The van der Waals surface area contributed by atoms with Crippen LogP contribution in [-0.4, -0.2) is 0 Å². The molecule has 2 aromatic heterocycles.